The summed E-state index contributed by atoms with van der Waals surface area (Å²) in [6.45, 7) is 8.50. The minimum absolute atomic E-state index is 0.0452. The lowest BCUT2D eigenvalue weighted by Crippen LogP contribution is -2.45. The molecule has 0 aromatic heterocycles. The minimum atomic E-state index is -1.23. The van der Waals surface area contributed by atoms with Gasteiger partial charge in [0.05, 0.1) is 19.3 Å². The van der Waals surface area contributed by atoms with Crippen LogP contribution in [0, 0.1) is 5.92 Å². The second kappa shape index (κ2) is 9.03. The van der Waals surface area contributed by atoms with E-state index in [1.807, 2.05) is 6.08 Å². The van der Waals surface area contributed by atoms with Gasteiger partial charge in [0, 0.05) is 0 Å². The Labute approximate surface area is 142 Å². The number of esters is 1. The maximum Gasteiger partial charge on any atom is 0.508 e. The third kappa shape index (κ3) is 6.13. The van der Waals surface area contributed by atoms with E-state index in [9.17, 15) is 14.7 Å². The number of rotatable bonds is 7. The summed E-state index contributed by atoms with van der Waals surface area (Å²) in [6.07, 6.45) is 1.17. The zero-order valence-electron chi connectivity index (χ0n) is 14.8. The molecule has 1 fully saturated rings. The first-order chi connectivity index (χ1) is 11.2. The molecule has 1 saturated carbocycles. The second-order valence-corrected chi connectivity index (χ2v) is 6.52. The maximum atomic E-state index is 12.3. The van der Waals surface area contributed by atoms with Crippen LogP contribution in [0.2, 0.25) is 0 Å². The molecule has 0 heterocycles. The average molecular weight is 344 g/mol. The zero-order valence-corrected chi connectivity index (χ0v) is 14.8. The quantitative estimate of drug-likeness (QED) is 0.559. The Morgan fingerprint density at radius 1 is 1.38 bits per heavy atom. The number of carbonyl (C=O) groups is 2. The highest BCUT2D eigenvalue weighted by Crippen LogP contribution is 2.28. The van der Waals surface area contributed by atoms with Crippen molar-refractivity contribution in [3.63, 3.8) is 0 Å². The molecule has 4 unspecified atom stereocenters. The van der Waals surface area contributed by atoms with Gasteiger partial charge in [0.15, 0.2) is 5.60 Å². The standard InChI is InChI=1S/C17H28O7/c1-6-12-7-8-14(13(18)9-12)23-15(19)17(3,4)24-11(2)10-22-16(20)21-5/h6,11-14,18H,1,7-10H2,2-5H3. The van der Waals surface area contributed by atoms with Gasteiger partial charge in [-0.1, -0.05) is 6.08 Å². The summed E-state index contributed by atoms with van der Waals surface area (Å²) in [5.41, 5.74) is -1.23. The highest BCUT2D eigenvalue weighted by molar-refractivity contribution is 5.78. The van der Waals surface area contributed by atoms with Crippen molar-refractivity contribution in [3.8, 4) is 0 Å². The van der Waals surface area contributed by atoms with Crippen LogP contribution in [-0.4, -0.2) is 54.9 Å². The van der Waals surface area contributed by atoms with Crippen LogP contribution in [0.1, 0.15) is 40.0 Å². The lowest BCUT2D eigenvalue weighted by molar-refractivity contribution is -0.188. The number of aliphatic hydroxyl groups is 1. The summed E-state index contributed by atoms with van der Waals surface area (Å²) in [5.74, 6) is -0.316. The van der Waals surface area contributed by atoms with Crippen LogP contribution in [-0.2, 0) is 23.7 Å². The summed E-state index contributed by atoms with van der Waals surface area (Å²) in [7, 11) is 1.21. The molecule has 4 atom stereocenters. The number of hydrogen-bond donors (Lipinski definition) is 1. The second-order valence-electron chi connectivity index (χ2n) is 6.52. The van der Waals surface area contributed by atoms with Crippen LogP contribution >= 0.6 is 0 Å². The number of hydrogen-bond acceptors (Lipinski definition) is 7. The fraction of sp³-hybridized carbons (Fsp3) is 0.765. The summed E-state index contributed by atoms with van der Waals surface area (Å²) in [5, 5.41) is 10.1. The number of allylic oxidation sites excluding steroid dienone is 1. The van der Waals surface area contributed by atoms with Crippen LogP contribution in [0.4, 0.5) is 4.79 Å². The van der Waals surface area contributed by atoms with E-state index in [4.69, 9.17) is 14.2 Å². The zero-order chi connectivity index (χ0) is 18.3. The smallest absolute Gasteiger partial charge is 0.457 e. The van der Waals surface area contributed by atoms with E-state index in [1.165, 1.54) is 7.11 Å². The van der Waals surface area contributed by atoms with Crippen molar-refractivity contribution in [2.45, 2.75) is 63.9 Å². The molecule has 1 rings (SSSR count). The molecular weight excluding hydrogens is 316 g/mol. The number of ether oxygens (including phenoxy) is 4. The molecule has 1 aliphatic carbocycles. The molecule has 1 aliphatic rings. The Kier molecular flexibility index (Phi) is 7.69. The Balaban J connectivity index is 2.49. The van der Waals surface area contributed by atoms with E-state index in [0.717, 1.165) is 6.42 Å². The molecule has 0 spiro atoms. The monoisotopic (exact) mass is 344 g/mol. The number of carbonyl (C=O) groups excluding carboxylic acids is 2. The normalized spacial score (nSPS) is 25.5. The Bertz CT molecular complexity index is 446. The van der Waals surface area contributed by atoms with Crippen molar-refractivity contribution in [1.29, 1.82) is 0 Å². The molecule has 0 radical (unpaired) electrons. The van der Waals surface area contributed by atoms with Gasteiger partial charge in [-0.3, -0.25) is 0 Å². The summed E-state index contributed by atoms with van der Waals surface area (Å²) in [6, 6.07) is 0. The van der Waals surface area contributed by atoms with Gasteiger partial charge in [0.1, 0.15) is 12.7 Å². The largest absolute Gasteiger partial charge is 0.508 e. The molecule has 0 bridgehead atoms. The third-order valence-electron chi connectivity index (χ3n) is 3.98. The molecule has 7 heteroatoms. The maximum absolute atomic E-state index is 12.3. The van der Waals surface area contributed by atoms with E-state index in [1.54, 1.807) is 20.8 Å². The van der Waals surface area contributed by atoms with Crippen molar-refractivity contribution in [3.05, 3.63) is 12.7 Å². The average Bonchev–Trinajstić information content (AvgIpc) is 2.53. The Morgan fingerprint density at radius 3 is 2.58 bits per heavy atom. The van der Waals surface area contributed by atoms with Crippen molar-refractivity contribution in [2.24, 2.45) is 5.92 Å². The van der Waals surface area contributed by atoms with Gasteiger partial charge in [-0.05, 0) is 46.0 Å². The van der Waals surface area contributed by atoms with E-state index < -0.39 is 36.0 Å². The summed E-state index contributed by atoms with van der Waals surface area (Å²) < 4.78 is 20.2. The SMILES string of the molecule is C=CC1CCC(OC(=O)C(C)(C)OC(C)COC(=O)OC)C(O)C1. The molecule has 0 aliphatic heterocycles. The van der Waals surface area contributed by atoms with Gasteiger partial charge in [-0.2, -0.15) is 0 Å². The van der Waals surface area contributed by atoms with Crippen molar-refractivity contribution < 1.29 is 33.6 Å². The lowest BCUT2D eigenvalue weighted by Gasteiger charge is -2.34. The van der Waals surface area contributed by atoms with Crippen molar-refractivity contribution in [1.82, 2.24) is 0 Å². The number of aliphatic hydroxyl groups excluding tert-OH is 1. The van der Waals surface area contributed by atoms with Gasteiger partial charge < -0.3 is 24.1 Å². The molecule has 0 aromatic carbocycles. The first-order valence-corrected chi connectivity index (χ1v) is 8.09. The third-order valence-corrected chi connectivity index (χ3v) is 3.98. The van der Waals surface area contributed by atoms with Crippen LogP contribution in [0.5, 0.6) is 0 Å². The van der Waals surface area contributed by atoms with E-state index in [2.05, 4.69) is 11.3 Å². The first kappa shape index (κ1) is 20.4. The fourth-order valence-corrected chi connectivity index (χ4v) is 2.61. The van der Waals surface area contributed by atoms with Gasteiger partial charge >= 0.3 is 12.1 Å². The molecular formula is C17H28O7. The molecule has 24 heavy (non-hydrogen) atoms. The lowest BCUT2D eigenvalue weighted by atomic mass is 9.85. The van der Waals surface area contributed by atoms with Crippen LogP contribution in [0.15, 0.2) is 12.7 Å². The predicted octanol–water partition coefficient (Wildman–Crippen LogP) is 2.21. The van der Waals surface area contributed by atoms with Crippen LogP contribution < -0.4 is 0 Å². The molecule has 138 valence electrons. The van der Waals surface area contributed by atoms with Gasteiger partial charge in [-0.15, -0.1) is 6.58 Å². The predicted molar refractivity (Wildman–Crippen MR) is 86.4 cm³/mol. The molecule has 0 saturated heterocycles. The molecule has 1 N–H and O–H groups in total. The van der Waals surface area contributed by atoms with Crippen molar-refractivity contribution in [2.75, 3.05) is 13.7 Å². The van der Waals surface area contributed by atoms with Crippen LogP contribution in [0.3, 0.4) is 0 Å². The van der Waals surface area contributed by atoms with Gasteiger partial charge in [-0.25, -0.2) is 9.59 Å². The molecule has 0 aromatic rings. The van der Waals surface area contributed by atoms with E-state index in [0.29, 0.717) is 12.8 Å². The fourth-order valence-electron chi connectivity index (χ4n) is 2.61. The van der Waals surface area contributed by atoms with E-state index in [-0.39, 0.29) is 12.5 Å². The number of methoxy groups -OCH3 is 1. The molecule has 0 amide bonds. The minimum Gasteiger partial charge on any atom is -0.457 e. The Morgan fingerprint density at radius 2 is 2.04 bits per heavy atom. The highest BCUT2D eigenvalue weighted by atomic mass is 16.7. The highest BCUT2D eigenvalue weighted by Gasteiger charge is 2.37. The summed E-state index contributed by atoms with van der Waals surface area (Å²) in [4.78, 5) is 23.3. The molecule has 7 nitrogen and oxygen atoms in total. The summed E-state index contributed by atoms with van der Waals surface area (Å²) >= 11 is 0. The first-order valence-electron chi connectivity index (χ1n) is 8.09. The van der Waals surface area contributed by atoms with Gasteiger partial charge in [0.25, 0.3) is 0 Å². The van der Waals surface area contributed by atoms with Crippen LogP contribution in [0.25, 0.3) is 0 Å². The van der Waals surface area contributed by atoms with E-state index >= 15 is 0 Å². The van der Waals surface area contributed by atoms with Gasteiger partial charge in [0.2, 0.25) is 0 Å². The Hall–Kier alpha value is -1.60. The van der Waals surface area contributed by atoms with Crippen molar-refractivity contribution >= 4 is 12.1 Å². The topological polar surface area (TPSA) is 91.3 Å².